The summed E-state index contributed by atoms with van der Waals surface area (Å²) < 4.78 is 5.58. The maximum atomic E-state index is 12.2. The third kappa shape index (κ3) is 3.54. The molecule has 0 bridgehead atoms. The molecule has 0 spiro atoms. The highest BCUT2D eigenvalue weighted by atomic mass is 32.2. The second-order valence-corrected chi connectivity index (χ2v) is 6.29. The van der Waals surface area contributed by atoms with Crippen molar-refractivity contribution in [3.05, 3.63) is 58.6 Å². The zero-order valence-electron chi connectivity index (χ0n) is 12.6. The molecule has 1 atom stereocenters. The first-order chi connectivity index (χ1) is 11.5. The van der Waals surface area contributed by atoms with Crippen molar-refractivity contribution in [3.8, 4) is 0 Å². The lowest BCUT2D eigenvalue weighted by molar-refractivity contribution is -0.384. The van der Waals surface area contributed by atoms with Gasteiger partial charge in [0, 0.05) is 17.8 Å². The van der Waals surface area contributed by atoms with E-state index in [2.05, 4.69) is 10.3 Å². The van der Waals surface area contributed by atoms with Gasteiger partial charge in [0.25, 0.3) is 10.9 Å². The quantitative estimate of drug-likeness (QED) is 0.429. The molecule has 1 N–H and O–H groups in total. The van der Waals surface area contributed by atoms with Crippen LogP contribution >= 0.6 is 11.8 Å². The summed E-state index contributed by atoms with van der Waals surface area (Å²) in [6, 6.07) is 13.0. The molecular weight excluding hydrogens is 330 g/mol. The average molecular weight is 343 g/mol. The number of anilines is 1. The fourth-order valence-electron chi connectivity index (χ4n) is 2.02. The Morgan fingerprint density at radius 2 is 1.96 bits per heavy atom. The van der Waals surface area contributed by atoms with Crippen molar-refractivity contribution in [3.63, 3.8) is 0 Å². The molecule has 24 heavy (non-hydrogen) atoms. The molecule has 0 aliphatic carbocycles. The van der Waals surface area contributed by atoms with Gasteiger partial charge in [-0.2, -0.15) is 0 Å². The molecule has 1 amide bonds. The van der Waals surface area contributed by atoms with Crippen molar-refractivity contribution < 1.29 is 14.1 Å². The monoisotopic (exact) mass is 343 g/mol. The fourth-order valence-corrected chi connectivity index (χ4v) is 2.77. The Balaban J connectivity index is 1.64. The van der Waals surface area contributed by atoms with Crippen LogP contribution in [0.25, 0.3) is 11.1 Å². The van der Waals surface area contributed by atoms with Crippen molar-refractivity contribution in [1.82, 2.24) is 4.98 Å². The number of para-hydroxylation sites is 2. The number of oxazole rings is 1. The van der Waals surface area contributed by atoms with Gasteiger partial charge in [-0.05, 0) is 31.2 Å². The van der Waals surface area contributed by atoms with Gasteiger partial charge in [0.15, 0.2) is 5.58 Å². The van der Waals surface area contributed by atoms with Crippen molar-refractivity contribution in [2.75, 3.05) is 5.32 Å². The fraction of sp³-hybridized carbons (Fsp3) is 0.125. The number of carbonyl (C=O) groups is 1. The number of nitrogens with zero attached hydrogens (tertiary/aromatic N) is 2. The van der Waals surface area contributed by atoms with Crippen molar-refractivity contribution in [1.29, 1.82) is 0 Å². The molecule has 0 aliphatic heterocycles. The van der Waals surface area contributed by atoms with Gasteiger partial charge in [-0.1, -0.05) is 23.9 Å². The highest BCUT2D eigenvalue weighted by molar-refractivity contribution is 8.00. The largest absolute Gasteiger partial charge is 0.431 e. The molecule has 2 aromatic carbocycles. The smallest absolute Gasteiger partial charge is 0.269 e. The lowest BCUT2D eigenvalue weighted by Gasteiger charge is -2.09. The Kier molecular flexibility index (Phi) is 4.48. The minimum atomic E-state index is -0.489. The van der Waals surface area contributed by atoms with E-state index in [0.717, 1.165) is 5.52 Å². The van der Waals surface area contributed by atoms with Gasteiger partial charge in [-0.3, -0.25) is 14.9 Å². The van der Waals surface area contributed by atoms with Gasteiger partial charge in [0.05, 0.1) is 10.2 Å². The van der Waals surface area contributed by atoms with E-state index in [9.17, 15) is 14.9 Å². The minimum Gasteiger partial charge on any atom is -0.431 e. The Hall–Kier alpha value is -2.87. The van der Waals surface area contributed by atoms with Crippen molar-refractivity contribution in [2.24, 2.45) is 0 Å². The number of carbonyl (C=O) groups excluding carboxylic acids is 1. The van der Waals surface area contributed by atoms with Crippen LogP contribution < -0.4 is 5.32 Å². The third-order valence-electron chi connectivity index (χ3n) is 3.27. The molecule has 0 saturated heterocycles. The van der Waals surface area contributed by atoms with Crippen LogP contribution in [0, 0.1) is 10.1 Å². The van der Waals surface area contributed by atoms with Gasteiger partial charge in [0.1, 0.15) is 5.52 Å². The molecular formula is C16H13N3O4S. The number of hydrogen-bond acceptors (Lipinski definition) is 6. The van der Waals surface area contributed by atoms with Crippen LogP contribution in [0.3, 0.4) is 0 Å². The van der Waals surface area contributed by atoms with Gasteiger partial charge >= 0.3 is 0 Å². The molecule has 1 aromatic heterocycles. The molecule has 1 unspecified atom stereocenters. The van der Waals surface area contributed by atoms with Gasteiger partial charge in [0.2, 0.25) is 5.91 Å². The number of amides is 1. The number of thioether (sulfide) groups is 1. The van der Waals surface area contributed by atoms with E-state index in [1.807, 2.05) is 24.3 Å². The summed E-state index contributed by atoms with van der Waals surface area (Å²) in [6.45, 7) is 1.74. The maximum absolute atomic E-state index is 12.2. The number of rotatable bonds is 5. The summed E-state index contributed by atoms with van der Waals surface area (Å²) in [7, 11) is 0. The van der Waals surface area contributed by atoms with Crippen LogP contribution in [0.15, 0.2) is 58.2 Å². The van der Waals surface area contributed by atoms with Crippen LogP contribution in [0.4, 0.5) is 11.4 Å². The van der Waals surface area contributed by atoms with Gasteiger partial charge < -0.3 is 9.73 Å². The summed E-state index contributed by atoms with van der Waals surface area (Å²) in [6.07, 6.45) is 0. The molecule has 0 fully saturated rings. The lowest BCUT2D eigenvalue weighted by atomic mass is 10.3. The number of aromatic nitrogens is 1. The standard InChI is InChI=1S/C16H13N3O4S/c1-10(24-16-18-13-4-2-3-5-14(13)23-16)15(20)17-11-6-8-12(9-7-11)19(21)22/h2-10H,1H3,(H,17,20). The molecule has 0 saturated carbocycles. The molecule has 8 heteroatoms. The van der Waals surface area contributed by atoms with Crippen LogP contribution in [0.5, 0.6) is 0 Å². The number of hydrogen-bond donors (Lipinski definition) is 1. The molecule has 0 aliphatic rings. The average Bonchev–Trinajstić information content (AvgIpc) is 2.97. The molecule has 3 aromatic rings. The molecule has 122 valence electrons. The van der Waals surface area contributed by atoms with Crippen LogP contribution in [-0.2, 0) is 4.79 Å². The molecule has 0 radical (unpaired) electrons. The Morgan fingerprint density at radius 1 is 1.25 bits per heavy atom. The Morgan fingerprint density at radius 3 is 2.62 bits per heavy atom. The van der Waals surface area contributed by atoms with E-state index >= 15 is 0 Å². The third-order valence-corrected chi connectivity index (χ3v) is 4.21. The number of nitro benzene ring substituents is 1. The first-order valence-electron chi connectivity index (χ1n) is 7.10. The predicted molar refractivity (Wildman–Crippen MR) is 91.1 cm³/mol. The topological polar surface area (TPSA) is 98.3 Å². The normalized spacial score (nSPS) is 12.0. The second kappa shape index (κ2) is 6.71. The van der Waals surface area contributed by atoms with Crippen LogP contribution in [0.1, 0.15) is 6.92 Å². The van der Waals surface area contributed by atoms with Crippen molar-refractivity contribution >= 4 is 40.1 Å². The van der Waals surface area contributed by atoms with Gasteiger partial charge in [-0.15, -0.1) is 0 Å². The molecule has 3 rings (SSSR count). The first kappa shape index (κ1) is 16.0. The summed E-state index contributed by atoms with van der Waals surface area (Å²) in [4.78, 5) is 26.7. The maximum Gasteiger partial charge on any atom is 0.269 e. The van der Waals surface area contributed by atoms with Crippen LogP contribution in [-0.4, -0.2) is 21.1 Å². The Bertz CT molecular complexity index is 859. The zero-order valence-corrected chi connectivity index (χ0v) is 13.4. The van der Waals surface area contributed by atoms with E-state index < -0.39 is 10.2 Å². The number of non-ortho nitro benzene ring substituents is 1. The highest BCUT2D eigenvalue weighted by Crippen LogP contribution is 2.27. The SMILES string of the molecule is CC(Sc1nc2ccccc2o1)C(=O)Nc1ccc([N+](=O)[O-])cc1. The number of benzene rings is 2. The lowest BCUT2D eigenvalue weighted by Crippen LogP contribution is -2.22. The van der Waals surface area contributed by atoms with Gasteiger partial charge in [-0.25, -0.2) is 4.98 Å². The predicted octanol–water partition coefficient (Wildman–Crippen LogP) is 3.86. The summed E-state index contributed by atoms with van der Waals surface area (Å²) >= 11 is 1.21. The van der Waals surface area contributed by atoms with E-state index in [0.29, 0.717) is 16.5 Å². The Labute approximate surface area is 141 Å². The van der Waals surface area contributed by atoms with E-state index in [4.69, 9.17) is 4.42 Å². The second-order valence-electron chi connectivity index (χ2n) is 5.00. The van der Waals surface area contributed by atoms with Crippen LogP contribution in [0.2, 0.25) is 0 Å². The number of fused-ring (bicyclic) bond motifs is 1. The first-order valence-corrected chi connectivity index (χ1v) is 7.98. The summed E-state index contributed by atoms with van der Waals surface area (Å²) in [5.41, 5.74) is 1.88. The van der Waals surface area contributed by atoms with E-state index in [1.165, 1.54) is 36.0 Å². The summed E-state index contributed by atoms with van der Waals surface area (Å²) in [5.74, 6) is -0.240. The zero-order chi connectivity index (χ0) is 17.1. The molecule has 1 heterocycles. The number of nitro groups is 1. The number of nitrogens with one attached hydrogen (secondary N) is 1. The summed E-state index contributed by atoms with van der Waals surface area (Å²) in [5, 5.41) is 13.3. The van der Waals surface area contributed by atoms with E-state index in [1.54, 1.807) is 6.92 Å². The van der Waals surface area contributed by atoms with Crippen molar-refractivity contribution in [2.45, 2.75) is 17.4 Å². The molecule has 7 nitrogen and oxygen atoms in total. The van der Waals surface area contributed by atoms with E-state index in [-0.39, 0.29) is 11.6 Å². The minimum absolute atomic E-state index is 0.0260. The highest BCUT2D eigenvalue weighted by Gasteiger charge is 2.18.